The highest BCUT2D eigenvalue weighted by Gasteiger charge is 2.41. The molecule has 22 heavy (non-hydrogen) atoms. The zero-order chi connectivity index (χ0) is 15.6. The molecule has 2 unspecified atom stereocenters. The summed E-state index contributed by atoms with van der Waals surface area (Å²) in [5.74, 6) is 0.855. The minimum absolute atomic E-state index is 0.102. The van der Waals surface area contributed by atoms with E-state index in [2.05, 4.69) is 19.2 Å². The largest absolute Gasteiger partial charge is 0.347 e. The molecule has 0 radical (unpaired) electrons. The lowest BCUT2D eigenvalue weighted by atomic mass is 9.78. The smallest absolute Gasteiger partial charge is 0.317 e. The standard InChI is InChI=1S/C17H30N2O3/c1-13(2)14-5-3-4-6-15(14)18-16(20)19-9-7-17(8-10-19)21-11-12-22-17/h13-15H,3-12H2,1-2H3,(H,18,20). The van der Waals surface area contributed by atoms with Crippen LogP contribution < -0.4 is 5.32 Å². The van der Waals surface area contributed by atoms with Crippen LogP contribution in [0, 0.1) is 11.8 Å². The third kappa shape index (κ3) is 3.40. The predicted molar refractivity (Wildman–Crippen MR) is 84.6 cm³/mol. The maximum atomic E-state index is 12.6. The topological polar surface area (TPSA) is 50.8 Å². The van der Waals surface area contributed by atoms with Crippen LogP contribution in [-0.2, 0) is 9.47 Å². The van der Waals surface area contributed by atoms with E-state index in [0.717, 1.165) is 32.4 Å². The highest BCUT2D eigenvalue weighted by atomic mass is 16.7. The number of amides is 2. The molecule has 3 rings (SSSR count). The van der Waals surface area contributed by atoms with Crippen molar-refractivity contribution >= 4 is 6.03 Å². The molecular formula is C17H30N2O3. The molecule has 1 N–H and O–H groups in total. The molecule has 5 nitrogen and oxygen atoms in total. The summed E-state index contributed by atoms with van der Waals surface area (Å²) >= 11 is 0. The summed E-state index contributed by atoms with van der Waals surface area (Å²) < 4.78 is 11.5. The van der Waals surface area contributed by atoms with Crippen molar-refractivity contribution in [3.8, 4) is 0 Å². The number of rotatable bonds is 2. The summed E-state index contributed by atoms with van der Waals surface area (Å²) in [6.07, 6.45) is 6.48. The fourth-order valence-corrected chi connectivity index (χ4v) is 4.22. The molecule has 1 spiro atoms. The molecule has 0 bridgehead atoms. The third-order valence-corrected chi connectivity index (χ3v) is 5.61. The van der Waals surface area contributed by atoms with Gasteiger partial charge in [0.2, 0.25) is 0 Å². The van der Waals surface area contributed by atoms with Crippen LogP contribution in [0.15, 0.2) is 0 Å². The van der Waals surface area contributed by atoms with Crippen LogP contribution in [0.4, 0.5) is 4.79 Å². The number of nitrogens with one attached hydrogen (secondary N) is 1. The van der Waals surface area contributed by atoms with Gasteiger partial charge >= 0.3 is 6.03 Å². The molecule has 0 aromatic carbocycles. The van der Waals surface area contributed by atoms with Crippen molar-refractivity contribution in [2.45, 2.75) is 64.2 Å². The fourth-order valence-electron chi connectivity index (χ4n) is 4.22. The van der Waals surface area contributed by atoms with E-state index in [1.165, 1.54) is 19.3 Å². The lowest BCUT2D eigenvalue weighted by molar-refractivity contribution is -0.181. The first-order valence-electron chi connectivity index (χ1n) is 8.93. The molecule has 5 heteroatoms. The lowest BCUT2D eigenvalue weighted by Crippen LogP contribution is -2.54. The second-order valence-electron chi connectivity index (χ2n) is 7.34. The molecule has 3 aliphatic rings. The first-order chi connectivity index (χ1) is 10.6. The van der Waals surface area contributed by atoms with Crippen LogP contribution in [0.25, 0.3) is 0 Å². The van der Waals surface area contributed by atoms with Gasteiger partial charge in [0.25, 0.3) is 0 Å². The number of likely N-dealkylation sites (tertiary alicyclic amines) is 1. The van der Waals surface area contributed by atoms with Crippen molar-refractivity contribution in [3.63, 3.8) is 0 Å². The third-order valence-electron chi connectivity index (χ3n) is 5.61. The van der Waals surface area contributed by atoms with Gasteiger partial charge in [0, 0.05) is 32.0 Å². The fraction of sp³-hybridized carbons (Fsp3) is 0.941. The van der Waals surface area contributed by atoms with Gasteiger partial charge in [-0.1, -0.05) is 26.7 Å². The second kappa shape index (κ2) is 6.75. The first-order valence-corrected chi connectivity index (χ1v) is 8.93. The Hall–Kier alpha value is -0.810. The van der Waals surface area contributed by atoms with Gasteiger partial charge in [0.15, 0.2) is 5.79 Å². The van der Waals surface area contributed by atoms with E-state index in [0.29, 0.717) is 31.1 Å². The summed E-state index contributed by atoms with van der Waals surface area (Å²) in [5, 5.41) is 3.30. The van der Waals surface area contributed by atoms with Gasteiger partial charge in [-0.3, -0.25) is 0 Å². The van der Waals surface area contributed by atoms with Crippen LogP contribution in [0.2, 0.25) is 0 Å². The van der Waals surface area contributed by atoms with E-state index in [1.807, 2.05) is 4.90 Å². The minimum Gasteiger partial charge on any atom is -0.347 e. The summed E-state index contributed by atoms with van der Waals surface area (Å²) in [6.45, 7) is 7.37. The van der Waals surface area contributed by atoms with E-state index in [1.54, 1.807) is 0 Å². The van der Waals surface area contributed by atoms with E-state index in [9.17, 15) is 4.79 Å². The average molecular weight is 310 g/mol. The average Bonchev–Trinajstić information content (AvgIpc) is 2.96. The summed E-state index contributed by atoms with van der Waals surface area (Å²) in [7, 11) is 0. The maximum Gasteiger partial charge on any atom is 0.317 e. The Balaban J connectivity index is 1.51. The Bertz CT molecular complexity index is 383. The van der Waals surface area contributed by atoms with Crippen molar-refractivity contribution in [2.24, 2.45) is 11.8 Å². The summed E-state index contributed by atoms with van der Waals surface area (Å²) in [4.78, 5) is 14.5. The van der Waals surface area contributed by atoms with E-state index in [-0.39, 0.29) is 6.03 Å². The Morgan fingerprint density at radius 1 is 1.14 bits per heavy atom. The molecule has 2 amide bonds. The van der Waals surface area contributed by atoms with Crippen LogP contribution in [0.1, 0.15) is 52.4 Å². The number of carbonyl (C=O) groups excluding carboxylic acids is 1. The molecule has 2 heterocycles. The number of carbonyl (C=O) groups is 1. The zero-order valence-electron chi connectivity index (χ0n) is 14.0. The van der Waals surface area contributed by atoms with Gasteiger partial charge in [-0.2, -0.15) is 0 Å². The molecule has 0 aromatic heterocycles. The second-order valence-corrected chi connectivity index (χ2v) is 7.34. The zero-order valence-corrected chi connectivity index (χ0v) is 14.0. The summed E-state index contributed by atoms with van der Waals surface area (Å²) in [5.41, 5.74) is 0. The molecule has 1 aliphatic carbocycles. The predicted octanol–water partition coefficient (Wildman–Crippen LogP) is 2.75. The van der Waals surface area contributed by atoms with Gasteiger partial charge in [-0.15, -0.1) is 0 Å². The minimum atomic E-state index is -0.401. The van der Waals surface area contributed by atoms with Crippen LogP contribution in [-0.4, -0.2) is 49.1 Å². The van der Waals surface area contributed by atoms with Gasteiger partial charge in [0.1, 0.15) is 0 Å². The molecule has 2 atom stereocenters. The van der Waals surface area contributed by atoms with E-state index >= 15 is 0 Å². The van der Waals surface area contributed by atoms with Gasteiger partial charge in [-0.25, -0.2) is 4.79 Å². The quantitative estimate of drug-likeness (QED) is 0.853. The normalized spacial score (nSPS) is 31.7. The number of hydrogen-bond donors (Lipinski definition) is 1. The number of ether oxygens (including phenoxy) is 2. The van der Waals surface area contributed by atoms with Crippen molar-refractivity contribution in [1.29, 1.82) is 0 Å². The van der Waals surface area contributed by atoms with Gasteiger partial charge in [-0.05, 0) is 24.7 Å². The number of piperidine rings is 1. The molecule has 2 saturated heterocycles. The van der Waals surface area contributed by atoms with Gasteiger partial charge < -0.3 is 19.7 Å². The highest BCUT2D eigenvalue weighted by molar-refractivity contribution is 5.74. The number of urea groups is 1. The SMILES string of the molecule is CC(C)C1CCCCC1NC(=O)N1CCC2(CC1)OCCO2. The Morgan fingerprint density at radius 2 is 1.77 bits per heavy atom. The molecule has 1 saturated carbocycles. The molecule has 2 aliphatic heterocycles. The van der Waals surface area contributed by atoms with Crippen molar-refractivity contribution in [3.05, 3.63) is 0 Å². The van der Waals surface area contributed by atoms with Crippen molar-refractivity contribution < 1.29 is 14.3 Å². The first kappa shape index (κ1) is 16.1. The molecular weight excluding hydrogens is 280 g/mol. The van der Waals surface area contributed by atoms with Crippen LogP contribution in [0.3, 0.4) is 0 Å². The lowest BCUT2D eigenvalue weighted by Gasteiger charge is -2.40. The van der Waals surface area contributed by atoms with Crippen molar-refractivity contribution in [2.75, 3.05) is 26.3 Å². The van der Waals surface area contributed by atoms with Crippen molar-refractivity contribution in [1.82, 2.24) is 10.2 Å². The molecule has 126 valence electrons. The van der Waals surface area contributed by atoms with E-state index in [4.69, 9.17) is 9.47 Å². The number of nitrogens with zero attached hydrogens (tertiary/aromatic N) is 1. The molecule has 3 fully saturated rings. The Morgan fingerprint density at radius 3 is 2.41 bits per heavy atom. The number of hydrogen-bond acceptors (Lipinski definition) is 3. The van der Waals surface area contributed by atoms with E-state index < -0.39 is 5.79 Å². The molecule has 0 aromatic rings. The Labute approximate surface area is 133 Å². The van der Waals surface area contributed by atoms with Crippen LogP contribution in [0.5, 0.6) is 0 Å². The Kier molecular flexibility index (Phi) is 4.93. The monoisotopic (exact) mass is 310 g/mol. The van der Waals surface area contributed by atoms with Gasteiger partial charge in [0.05, 0.1) is 13.2 Å². The maximum absolute atomic E-state index is 12.6. The highest BCUT2D eigenvalue weighted by Crippen LogP contribution is 2.32. The summed E-state index contributed by atoms with van der Waals surface area (Å²) in [6, 6.07) is 0.446. The van der Waals surface area contributed by atoms with Crippen LogP contribution >= 0.6 is 0 Å².